The fourth-order valence-electron chi connectivity index (χ4n) is 1.56. The lowest BCUT2D eigenvalue weighted by Crippen LogP contribution is -2.36. The summed E-state index contributed by atoms with van der Waals surface area (Å²) in [6, 6.07) is 4.27. The highest BCUT2D eigenvalue weighted by Crippen LogP contribution is 2.30. The topological polar surface area (TPSA) is 63.7 Å². The van der Waals surface area contributed by atoms with Crippen LogP contribution in [0.4, 0.5) is 0 Å². The Morgan fingerprint density at radius 2 is 2.10 bits per heavy atom. The number of hydrogen-bond donors (Lipinski definition) is 0. The Bertz CT molecular complexity index is 631. The van der Waals surface area contributed by atoms with Gasteiger partial charge >= 0.3 is 5.97 Å². The largest absolute Gasteiger partial charge is 0.465 e. The van der Waals surface area contributed by atoms with E-state index < -0.39 is 22.5 Å². The van der Waals surface area contributed by atoms with Gasteiger partial charge in [0.25, 0.3) is 0 Å². The lowest BCUT2D eigenvalue weighted by molar-refractivity contribution is -0.143. The van der Waals surface area contributed by atoms with E-state index in [0.717, 1.165) is 4.31 Å². The van der Waals surface area contributed by atoms with E-state index in [1.807, 2.05) is 0 Å². The van der Waals surface area contributed by atoms with Crippen molar-refractivity contribution in [2.24, 2.45) is 0 Å². The first-order chi connectivity index (χ1) is 9.84. The van der Waals surface area contributed by atoms with Crippen molar-refractivity contribution < 1.29 is 17.9 Å². The molecule has 0 aliphatic heterocycles. The summed E-state index contributed by atoms with van der Waals surface area (Å²) in [6.45, 7) is 4.81. The molecule has 1 rings (SSSR count). The smallest absolute Gasteiger partial charge is 0.321 e. The Hall–Kier alpha value is -1.08. The molecule has 0 aliphatic rings. The van der Waals surface area contributed by atoms with Gasteiger partial charge in [-0.2, -0.15) is 4.31 Å². The Morgan fingerprint density at radius 3 is 2.67 bits per heavy atom. The van der Waals surface area contributed by atoms with Crippen LogP contribution in [-0.2, 0) is 19.6 Å². The van der Waals surface area contributed by atoms with E-state index in [1.165, 1.54) is 24.3 Å². The molecule has 1 aromatic rings. The number of benzene rings is 1. The second-order valence-corrected chi connectivity index (χ2v) is 6.63. The number of halogens is 2. The van der Waals surface area contributed by atoms with E-state index >= 15 is 0 Å². The molecule has 0 aromatic heterocycles. The number of ether oxygens (including phenoxy) is 1. The molecule has 0 unspecified atom stereocenters. The maximum Gasteiger partial charge on any atom is 0.321 e. The van der Waals surface area contributed by atoms with Gasteiger partial charge in [-0.1, -0.05) is 35.3 Å². The van der Waals surface area contributed by atoms with Gasteiger partial charge in [-0.25, -0.2) is 8.42 Å². The van der Waals surface area contributed by atoms with Crippen molar-refractivity contribution in [2.45, 2.75) is 11.8 Å². The molecule has 0 atom stereocenters. The molecule has 5 nitrogen and oxygen atoms in total. The van der Waals surface area contributed by atoms with Crippen LogP contribution in [0.1, 0.15) is 6.92 Å². The molecule has 116 valence electrons. The van der Waals surface area contributed by atoms with E-state index in [2.05, 4.69) is 6.58 Å². The van der Waals surface area contributed by atoms with Crippen molar-refractivity contribution in [3.05, 3.63) is 40.9 Å². The molecule has 0 saturated carbocycles. The molecule has 1 aromatic carbocycles. The standard InChI is InChI=1S/C13H15Cl2NO4S/c1-3-8-16(9-12(17)20-4-2)21(18,19)11-7-5-6-10(14)13(11)15/h3,5-7H,1,4,8-9H2,2H3. The second-order valence-electron chi connectivity index (χ2n) is 3.94. The Labute approximate surface area is 134 Å². The number of esters is 1. The molecule has 0 N–H and O–H groups in total. The van der Waals surface area contributed by atoms with Gasteiger partial charge in [-0.15, -0.1) is 6.58 Å². The van der Waals surface area contributed by atoms with Crippen LogP contribution < -0.4 is 0 Å². The molecule has 8 heteroatoms. The number of carbonyl (C=O) groups excluding carboxylic acids is 1. The summed E-state index contributed by atoms with van der Waals surface area (Å²) in [7, 11) is -3.98. The summed E-state index contributed by atoms with van der Waals surface area (Å²) in [6.07, 6.45) is 1.37. The van der Waals surface area contributed by atoms with Crippen molar-refractivity contribution in [1.29, 1.82) is 0 Å². The maximum absolute atomic E-state index is 12.6. The summed E-state index contributed by atoms with van der Waals surface area (Å²) in [4.78, 5) is 11.4. The lowest BCUT2D eigenvalue weighted by atomic mass is 10.4. The van der Waals surface area contributed by atoms with Crippen LogP contribution in [0.5, 0.6) is 0 Å². The van der Waals surface area contributed by atoms with Crippen LogP contribution in [0, 0.1) is 0 Å². The zero-order valence-corrected chi connectivity index (χ0v) is 13.7. The maximum atomic E-state index is 12.6. The zero-order chi connectivity index (χ0) is 16.0. The third-order valence-corrected chi connectivity index (χ3v) is 5.26. The monoisotopic (exact) mass is 351 g/mol. The molecular formula is C13H15Cl2NO4S. The van der Waals surface area contributed by atoms with Gasteiger partial charge in [0.1, 0.15) is 11.4 Å². The summed E-state index contributed by atoms with van der Waals surface area (Å²) in [5.74, 6) is -0.652. The second kappa shape index (κ2) is 7.79. The normalized spacial score (nSPS) is 11.4. The third-order valence-electron chi connectivity index (χ3n) is 2.48. The van der Waals surface area contributed by atoms with Crippen LogP contribution in [0.2, 0.25) is 10.0 Å². The van der Waals surface area contributed by atoms with E-state index in [1.54, 1.807) is 6.92 Å². The SMILES string of the molecule is C=CCN(CC(=O)OCC)S(=O)(=O)c1cccc(Cl)c1Cl. The van der Waals surface area contributed by atoms with Gasteiger partial charge < -0.3 is 4.74 Å². The quantitative estimate of drug-likeness (QED) is 0.559. The molecule has 0 radical (unpaired) electrons. The Balaban J connectivity index is 3.18. The number of rotatable bonds is 7. The van der Waals surface area contributed by atoms with E-state index in [0.29, 0.717) is 0 Å². The van der Waals surface area contributed by atoms with Gasteiger partial charge in [0.15, 0.2) is 0 Å². The highest BCUT2D eigenvalue weighted by molar-refractivity contribution is 7.89. The molecule has 0 saturated heterocycles. The number of nitrogens with zero attached hydrogens (tertiary/aromatic N) is 1. The molecule has 21 heavy (non-hydrogen) atoms. The van der Waals surface area contributed by atoms with Gasteiger partial charge in [-0.3, -0.25) is 4.79 Å². The molecule has 0 spiro atoms. The Kier molecular flexibility index (Phi) is 6.67. The van der Waals surface area contributed by atoms with E-state index in [9.17, 15) is 13.2 Å². The van der Waals surface area contributed by atoms with Gasteiger partial charge in [0.05, 0.1) is 16.7 Å². The van der Waals surface area contributed by atoms with Gasteiger partial charge in [0.2, 0.25) is 10.0 Å². The molecular weight excluding hydrogens is 337 g/mol. The highest BCUT2D eigenvalue weighted by atomic mass is 35.5. The zero-order valence-electron chi connectivity index (χ0n) is 11.4. The van der Waals surface area contributed by atoms with Crippen LogP contribution in [0.3, 0.4) is 0 Å². The molecule has 0 bridgehead atoms. The molecule has 0 aliphatic carbocycles. The first-order valence-electron chi connectivity index (χ1n) is 6.05. The fourth-order valence-corrected chi connectivity index (χ4v) is 3.66. The molecule has 0 heterocycles. The predicted octanol–water partition coefficient (Wildman–Crippen LogP) is 2.73. The molecule has 0 fully saturated rings. The van der Waals surface area contributed by atoms with Crippen LogP contribution in [0.15, 0.2) is 35.7 Å². The summed E-state index contributed by atoms with van der Waals surface area (Å²) < 4.78 is 30.8. The van der Waals surface area contributed by atoms with Crippen molar-refractivity contribution in [3.8, 4) is 0 Å². The lowest BCUT2D eigenvalue weighted by Gasteiger charge is -2.20. The van der Waals surface area contributed by atoms with E-state index in [4.69, 9.17) is 27.9 Å². The van der Waals surface area contributed by atoms with Crippen molar-refractivity contribution >= 4 is 39.2 Å². The van der Waals surface area contributed by atoms with Gasteiger partial charge in [0, 0.05) is 6.54 Å². The average Bonchev–Trinajstić information content (AvgIpc) is 2.41. The average molecular weight is 352 g/mol. The van der Waals surface area contributed by atoms with E-state index in [-0.39, 0.29) is 28.1 Å². The first-order valence-corrected chi connectivity index (χ1v) is 8.24. The highest BCUT2D eigenvalue weighted by Gasteiger charge is 2.28. The van der Waals surface area contributed by atoms with Crippen LogP contribution in [0.25, 0.3) is 0 Å². The minimum Gasteiger partial charge on any atom is -0.465 e. The molecule has 0 amide bonds. The predicted molar refractivity (Wildman–Crippen MR) is 82.1 cm³/mol. The number of sulfonamides is 1. The van der Waals surface area contributed by atoms with Crippen molar-refractivity contribution in [3.63, 3.8) is 0 Å². The van der Waals surface area contributed by atoms with Crippen LogP contribution >= 0.6 is 23.2 Å². The summed E-state index contributed by atoms with van der Waals surface area (Å²) in [5.41, 5.74) is 0. The summed E-state index contributed by atoms with van der Waals surface area (Å²) >= 11 is 11.8. The Morgan fingerprint density at radius 1 is 1.43 bits per heavy atom. The summed E-state index contributed by atoms with van der Waals surface area (Å²) in [5, 5.41) is 0.0320. The fraction of sp³-hybridized carbons (Fsp3) is 0.308. The third kappa shape index (κ3) is 4.44. The van der Waals surface area contributed by atoms with Crippen LogP contribution in [-0.4, -0.2) is 38.4 Å². The van der Waals surface area contributed by atoms with Crippen molar-refractivity contribution in [2.75, 3.05) is 19.7 Å². The van der Waals surface area contributed by atoms with Crippen molar-refractivity contribution in [1.82, 2.24) is 4.31 Å². The van der Waals surface area contributed by atoms with Gasteiger partial charge in [-0.05, 0) is 19.1 Å². The number of hydrogen-bond acceptors (Lipinski definition) is 4. The minimum atomic E-state index is -3.98. The number of carbonyl (C=O) groups is 1. The first kappa shape index (κ1) is 18.0. The minimum absolute atomic E-state index is 0.0516.